The molecule has 2 bridgehead atoms. The summed E-state index contributed by atoms with van der Waals surface area (Å²) in [6, 6.07) is 6.44. The van der Waals surface area contributed by atoms with Gasteiger partial charge < -0.3 is 15.4 Å². The molecule has 3 aliphatic rings. The van der Waals surface area contributed by atoms with Crippen molar-refractivity contribution in [3.63, 3.8) is 0 Å². The zero-order chi connectivity index (χ0) is 14.1. The molecule has 4 rings (SSSR count). The van der Waals surface area contributed by atoms with E-state index in [1.165, 1.54) is 43.6 Å². The maximum absolute atomic E-state index is 6.16. The second kappa shape index (κ2) is 5.74. The van der Waals surface area contributed by atoms with Crippen LogP contribution in [0.3, 0.4) is 0 Å². The first-order chi connectivity index (χ1) is 9.72. The monoisotopic (exact) mass is 274 g/mol. The SMILES string of the molecule is COc1ccc(C(CN)C2CN3CCC2CC3)c(C)c1. The van der Waals surface area contributed by atoms with Crippen LogP contribution in [0.2, 0.25) is 0 Å². The molecule has 3 aliphatic heterocycles. The fourth-order valence-corrected chi connectivity index (χ4v) is 4.19. The van der Waals surface area contributed by atoms with E-state index in [0.29, 0.717) is 5.92 Å². The highest BCUT2D eigenvalue weighted by Crippen LogP contribution is 2.41. The Morgan fingerprint density at radius 1 is 1.35 bits per heavy atom. The number of hydrogen-bond donors (Lipinski definition) is 1. The van der Waals surface area contributed by atoms with Crippen LogP contribution in [-0.4, -0.2) is 38.2 Å². The Labute approximate surface area is 122 Å². The van der Waals surface area contributed by atoms with Crippen molar-refractivity contribution < 1.29 is 4.74 Å². The third-order valence-electron chi connectivity index (χ3n) is 5.35. The summed E-state index contributed by atoms with van der Waals surface area (Å²) in [6.07, 6.45) is 2.72. The smallest absolute Gasteiger partial charge is 0.119 e. The van der Waals surface area contributed by atoms with Crippen molar-refractivity contribution in [1.82, 2.24) is 4.90 Å². The molecule has 2 N–H and O–H groups in total. The number of nitrogens with zero attached hydrogens (tertiary/aromatic N) is 1. The van der Waals surface area contributed by atoms with Crippen molar-refractivity contribution >= 4 is 0 Å². The molecule has 110 valence electrons. The summed E-state index contributed by atoms with van der Waals surface area (Å²) >= 11 is 0. The van der Waals surface area contributed by atoms with Gasteiger partial charge in [-0.25, -0.2) is 0 Å². The number of rotatable bonds is 4. The summed E-state index contributed by atoms with van der Waals surface area (Å²) in [4.78, 5) is 2.62. The Hall–Kier alpha value is -1.06. The number of hydrogen-bond acceptors (Lipinski definition) is 3. The molecule has 3 heterocycles. The quantitative estimate of drug-likeness (QED) is 0.916. The van der Waals surface area contributed by atoms with Gasteiger partial charge in [0.2, 0.25) is 0 Å². The van der Waals surface area contributed by atoms with E-state index in [1.54, 1.807) is 7.11 Å². The molecule has 0 amide bonds. The third kappa shape index (κ3) is 2.45. The van der Waals surface area contributed by atoms with Crippen LogP contribution in [-0.2, 0) is 0 Å². The molecule has 2 unspecified atom stereocenters. The molecule has 1 aromatic carbocycles. The summed E-state index contributed by atoms with van der Waals surface area (Å²) in [6.45, 7) is 6.75. The van der Waals surface area contributed by atoms with Gasteiger partial charge in [0.1, 0.15) is 5.75 Å². The molecule has 0 saturated carbocycles. The van der Waals surface area contributed by atoms with Crippen molar-refractivity contribution in [2.45, 2.75) is 25.7 Å². The molecule has 20 heavy (non-hydrogen) atoms. The van der Waals surface area contributed by atoms with Crippen molar-refractivity contribution in [3.8, 4) is 5.75 Å². The van der Waals surface area contributed by atoms with Crippen LogP contribution in [0.25, 0.3) is 0 Å². The number of benzene rings is 1. The van der Waals surface area contributed by atoms with Crippen molar-refractivity contribution in [1.29, 1.82) is 0 Å². The maximum Gasteiger partial charge on any atom is 0.119 e. The number of nitrogens with two attached hydrogens (primary N) is 1. The molecular weight excluding hydrogens is 248 g/mol. The van der Waals surface area contributed by atoms with Crippen LogP contribution in [0.5, 0.6) is 5.75 Å². The van der Waals surface area contributed by atoms with Gasteiger partial charge in [-0.1, -0.05) is 6.07 Å². The number of methoxy groups -OCH3 is 1. The first kappa shape index (κ1) is 13.9. The van der Waals surface area contributed by atoms with Crippen LogP contribution in [0.1, 0.15) is 29.9 Å². The number of piperidine rings is 3. The van der Waals surface area contributed by atoms with Gasteiger partial charge >= 0.3 is 0 Å². The van der Waals surface area contributed by atoms with Crippen LogP contribution in [0.15, 0.2) is 18.2 Å². The summed E-state index contributed by atoms with van der Waals surface area (Å²) in [5.41, 5.74) is 8.90. The Morgan fingerprint density at radius 3 is 2.60 bits per heavy atom. The van der Waals surface area contributed by atoms with E-state index in [1.807, 2.05) is 0 Å². The molecule has 3 saturated heterocycles. The zero-order valence-electron chi connectivity index (χ0n) is 12.6. The van der Waals surface area contributed by atoms with E-state index in [2.05, 4.69) is 30.0 Å². The topological polar surface area (TPSA) is 38.5 Å². The van der Waals surface area contributed by atoms with Crippen molar-refractivity contribution in [2.75, 3.05) is 33.3 Å². The highest BCUT2D eigenvalue weighted by atomic mass is 16.5. The largest absolute Gasteiger partial charge is 0.497 e. The van der Waals surface area contributed by atoms with Crippen LogP contribution >= 0.6 is 0 Å². The molecule has 1 aromatic rings. The molecule has 0 aromatic heterocycles. The first-order valence-electron chi connectivity index (χ1n) is 7.80. The Kier molecular flexibility index (Phi) is 3.99. The summed E-state index contributed by atoms with van der Waals surface area (Å²) < 4.78 is 5.32. The second-order valence-electron chi connectivity index (χ2n) is 6.37. The Morgan fingerprint density at radius 2 is 2.10 bits per heavy atom. The standard InChI is InChI=1S/C17H26N2O/c1-12-9-14(20-2)3-4-15(12)16(10-18)17-11-19-7-5-13(17)6-8-19/h3-4,9,13,16-17H,5-8,10-11,18H2,1-2H3. The minimum Gasteiger partial charge on any atom is -0.497 e. The molecule has 0 spiro atoms. The Balaban J connectivity index is 1.86. The molecule has 0 aliphatic carbocycles. The fraction of sp³-hybridized carbons (Fsp3) is 0.647. The summed E-state index contributed by atoms with van der Waals surface area (Å²) in [5, 5.41) is 0. The normalized spacial score (nSPS) is 30.2. The summed E-state index contributed by atoms with van der Waals surface area (Å²) in [7, 11) is 1.72. The molecule has 3 fully saturated rings. The highest BCUT2D eigenvalue weighted by molar-refractivity contribution is 5.37. The van der Waals surface area contributed by atoms with E-state index in [0.717, 1.165) is 24.1 Å². The van der Waals surface area contributed by atoms with Crippen LogP contribution < -0.4 is 10.5 Å². The number of aryl methyl sites for hydroxylation is 1. The van der Waals surface area contributed by atoms with Crippen molar-refractivity contribution in [3.05, 3.63) is 29.3 Å². The van der Waals surface area contributed by atoms with E-state index in [-0.39, 0.29) is 0 Å². The van der Waals surface area contributed by atoms with Gasteiger partial charge in [0.05, 0.1) is 7.11 Å². The highest BCUT2D eigenvalue weighted by Gasteiger charge is 2.38. The molecule has 2 atom stereocenters. The van der Waals surface area contributed by atoms with Gasteiger partial charge in [0.25, 0.3) is 0 Å². The van der Waals surface area contributed by atoms with E-state index >= 15 is 0 Å². The van der Waals surface area contributed by atoms with E-state index < -0.39 is 0 Å². The lowest BCUT2D eigenvalue weighted by atomic mass is 9.70. The zero-order valence-corrected chi connectivity index (χ0v) is 12.6. The molecule has 3 nitrogen and oxygen atoms in total. The van der Waals surface area contributed by atoms with Gasteiger partial charge in [-0.15, -0.1) is 0 Å². The second-order valence-corrected chi connectivity index (χ2v) is 6.37. The van der Waals surface area contributed by atoms with Crippen LogP contribution in [0.4, 0.5) is 0 Å². The predicted octanol–water partition coefficient (Wildman–Crippen LogP) is 2.39. The van der Waals surface area contributed by atoms with E-state index in [9.17, 15) is 0 Å². The predicted molar refractivity (Wildman–Crippen MR) is 82.2 cm³/mol. The number of fused-ring (bicyclic) bond motifs is 3. The molecule has 0 radical (unpaired) electrons. The molecule has 3 heteroatoms. The minimum atomic E-state index is 0.494. The lowest BCUT2D eigenvalue weighted by molar-refractivity contribution is 0.0378. The maximum atomic E-state index is 6.16. The van der Waals surface area contributed by atoms with E-state index in [4.69, 9.17) is 10.5 Å². The average molecular weight is 274 g/mol. The average Bonchev–Trinajstić information content (AvgIpc) is 2.51. The lowest BCUT2D eigenvalue weighted by Crippen LogP contribution is -2.50. The minimum absolute atomic E-state index is 0.494. The number of ether oxygens (including phenoxy) is 1. The lowest BCUT2D eigenvalue weighted by Gasteiger charge is -2.48. The first-order valence-corrected chi connectivity index (χ1v) is 7.80. The fourth-order valence-electron chi connectivity index (χ4n) is 4.19. The van der Waals surface area contributed by atoms with Gasteiger partial charge in [-0.3, -0.25) is 0 Å². The molecular formula is C17H26N2O. The van der Waals surface area contributed by atoms with Gasteiger partial charge in [-0.05, 0) is 74.5 Å². The summed E-state index contributed by atoms with van der Waals surface area (Å²) in [5.74, 6) is 3.04. The van der Waals surface area contributed by atoms with Crippen molar-refractivity contribution in [2.24, 2.45) is 17.6 Å². The Bertz CT molecular complexity index is 466. The van der Waals surface area contributed by atoms with Crippen LogP contribution in [0, 0.1) is 18.8 Å². The van der Waals surface area contributed by atoms with Gasteiger partial charge in [-0.2, -0.15) is 0 Å². The third-order valence-corrected chi connectivity index (χ3v) is 5.35. The van der Waals surface area contributed by atoms with Gasteiger partial charge in [0.15, 0.2) is 0 Å². The van der Waals surface area contributed by atoms with Gasteiger partial charge in [0, 0.05) is 12.5 Å².